The topological polar surface area (TPSA) is 155 Å². The number of aliphatic carboxylic acids is 1. The first-order valence-electron chi connectivity index (χ1n) is 12.9. The van der Waals surface area contributed by atoms with Gasteiger partial charge < -0.3 is 15.7 Å². The highest BCUT2D eigenvalue weighted by Crippen LogP contribution is 2.23. The summed E-state index contributed by atoms with van der Waals surface area (Å²) < 4.78 is 30.2. The van der Waals surface area contributed by atoms with Gasteiger partial charge in [0.05, 0.1) is 16.6 Å². The van der Waals surface area contributed by atoms with Crippen molar-refractivity contribution in [2.75, 3.05) is 18.4 Å². The van der Waals surface area contributed by atoms with Gasteiger partial charge in [0.25, 0.3) is 5.91 Å². The first-order valence-corrected chi connectivity index (χ1v) is 14.4. The smallest absolute Gasteiger partial charge is 0.323 e. The molecule has 0 saturated heterocycles. The molecule has 11 nitrogen and oxygen atoms in total. The van der Waals surface area contributed by atoms with Crippen LogP contribution in [0.4, 0.5) is 5.82 Å². The zero-order valence-electron chi connectivity index (χ0n) is 21.9. The van der Waals surface area contributed by atoms with Gasteiger partial charge in [0.15, 0.2) is 0 Å². The van der Waals surface area contributed by atoms with Crippen LogP contribution in [0.15, 0.2) is 96.2 Å². The molecule has 0 spiro atoms. The molecule has 0 radical (unpaired) electrons. The number of hydrogen-bond donors (Lipinski definition) is 4. The molecule has 1 unspecified atom stereocenters. The third kappa shape index (κ3) is 6.51. The molecule has 5 aromatic rings. The molecular formula is C29H28N6O5S. The third-order valence-corrected chi connectivity index (χ3v) is 8.05. The molecule has 3 aromatic carbocycles. The number of hydrogen-bond acceptors (Lipinski definition) is 7. The summed E-state index contributed by atoms with van der Waals surface area (Å²) in [6, 6.07) is 20.8. The monoisotopic (exact) mass is 572 g/mol. The molecule has 4 N–H and O–H groups in total. The minimum Gasteiger partial charge on any atom is -0.480 e. The maximum absolute atomic E-state index is 13.1. The van der Waals surface area contributed by atoms with Crippen LogP contribution >= 0.6 is 0 Å². The van der Waals surface area contributed by atoms with Gasteiger partial charge in [-0.05, 0) is 48.2 Å². The molecule has 5 rings (SSSR count). The quantitative estimate of drug-likeness (QED) is 0.166. The molecule has 0 saturated carbocycles. The number of sulfonamides is 1. The van der Waals surface area contributed by atoms with Gasteiger partial charge in [-0.1, -0.05) is 42.5 Å². The molecule has 0 aliphatic heterocycles. The van der Waals surface area contributed by atoms with Crippen molar-refractivity contribution in [1.82, 2.24) is 24.8 Å². The van der Waals surface area contributed by atoms with Crippen LogP contribution in [0.2, 0.25) is 0 Å². The van der Waals surface area contributed by atoms with Crippen LogP contribution in [-0.4, -0.2) is 59.3 Å². The fourth-order valence-corrected chi connectivity index (χ4v) is 5.89. The van der Waals surface area contributed by atoms with Crippen molar-refractivity contribution < 1.29 is 23.1 Å². The molecule has 2 aromatic heterocycles. The average molecular weight is 573 g/mol. The van der Waals surface area contributed by atoms with E-state index in [1.807, 2.05) is 22.9 Å². The lowest BCUT2D eigenvalue weighted by Gasteiger charge is -2.16. The summed E-state index contributed by atoms with van der Waals surface area (Å²) in [5.41, 5.74) is 1.15. The van der Waals surface area contributed by atoms with Crippen LogP contribution in [0, 0.1) is 0 Å². The van der Waals surface area contributed by atoms with Crippen molar-refractivity contribution in [3.8, 4) is 0 Å². The van der Waals surface area contributed by atoms with Crippen LogP contribution in [0.1, 0.15) is 16.8 Å². The Morgan fingerprint density at radius 2 is 1.76 bits per heavy atom. The summed E-state index contributed by atoms with van der Waals surface area (Å²) in [6.07, 6.45) is 4.20. The number of carbonyl (C=O) groups is 2. The molecular weight excluding hydrogens is 544 g/mol. The van der Waals surface area contributed by atoms with E-state index in [1.54, 1.807) is 67.0 Å². The van der Waals surface area contributed by atoms with E-state index in [0.717, 1.165) is 23.1 Å². The Bertz CT molecular complexity index is 1800. The van der Waals surface area contributed by atoms with E-state index in [9.17, 15) is 23.1 Å². The van der Waals surface area contributed by atoms with E-state index < -0.39 is 34.5 Å². The van der Waals surface area contributed by atoms with Crippen molar-refractivity contribution in [2.24, 2.45) is 0 Å². The Balaban J connectivity index is 1.20. The summed E-state index contributed by atoms with van der Waals surface area (Å²) in [7, 11) is -4.20. The van der Waals surface area contributed by atoms with Gasteiger partial charge in [-0.3, -0.25) is 14.3 Å². The SMILES string of the molecule is O=C(NCC(NS(=O)(=O)c1cccc2ccccc12)C(=O)O)c1ccc2c(cnn2CCCNc2ccccn2)c1. The van der Waals surface area contributed by atoms with Gasteiger partial charge in [0.1, 0.15) is 11.9 Å². The normalized spacial score (nSPS) is 12.3. The van der Waals surface area contributed by atoms with Gasteiger partial charge in [0, 0.05) is 42.2 Å². The molecule has 12 heteroatoms. The maximum atomic E-state index is 13.1. The highest BCUT2D eigenvalue weighted by molar-refractivity contribution is 7.89. The number of fused-ring (bicyclic) bond motifs is 2. The number of rotatable bonds is 12. The number of aryl methyl sites for hydroxylation is 1. The van der Waals surface area contributed by atoms with E-state index in [0.29, 0.717) is 29.4 Å². The highest BCUT2D eigenvalue weighted by atomic mass is 32.2. The predicted molar refractivity (Wildman–Crippen MR) is 155 cm³/mol. The Labute approximate surface area is 236 Å². The Morgan fingerprint density at radius 1 is 0.951 bits per heavy atom. The van der Waals surface area contributed by atoms with E-state index in [1.165, 1.54) is 6.07 Å². The Hall–Kier alpha value is -4.81. The number of carbonyl (C=O) groups excluding carboxylic acids is 1. The lowest BCUT2D eigenvalue weighted by Crippen LogP contribution is -2.48. The second kappa shape index (κ2) is 12.1. The number of carboxylic acid groups (broad SMARTS) is 1. The first-order chi connectivity index (χ1) is 19.8. The van der Waals surface area contributed by atoms with Crippen molar-refractivity contribution in [1.29, 1.82) is 0 Å². The average Bonchev–Trinajstić information content (AvgIpc) is 3.39. The Morgan fingerprint density at radius 3 is 2.56 bits per heavy atom. The molecule has 1 amide bonds. The van der Waals surface area contributed by atoms with Crippen LogP contribution in [-0.2, 0) is 21.4 Å². The number of benzene rings is 3. The number of anilines is 1. The lowest BCUT2D eigenvalue weighted by atomic mass is 10.1. The fourth-order valence-electron chi connectivity index (χ4n) is 4.48. The zero-order valence-corrected chi connectivity index (χ0v) is 22.7. The molecule has 0 aliphatic carbocycles. The number of pyridine rings is 1. The first kappa shape index (κ1) is 27.7. The number of carboxylic acids is 1. The Kier molecular flexibility index (Phi) is 8.22. The second-order valence-electron chi connectivity index (χ2n) is 9.34. The maximum Gasteiger partial charge on any atom is 0.323 e. The van der Waals surface area contributed by atoms with E-state index in [4.69, 9.17) is 0 Å². The van der Waals surface area contributed by atoms with E-state index in [2.05, 4.69) is 25.4 Å². The minimum absolute atomic E-state index is 0.0387. The predicted octanol–water partition coefficient (Wildman–Crippen LogP) is 3.25. The van der Waals surface area contributed by atoms with Crippen molar-refractivity contribution in [3.05, 3.63) is 96.8 Å². The number of amides is 1. The summed E-state index contributed by atoms with van der Waals surface area (Å²) in [5, 5.41) is 21.8. The minimum atomic E-state index is -4.20. The molecule has 0 aliphatic rings. The van der Waals surface area contributed by atoms with Gasteiger partial charge >= 0.3 is 5.97 Å². The van der Waals surface area contributed by atoms with Crippen LogP contribution in [0.5, 0.6) is 0 Å². The molecule has 41 heavy (non-hydrogen) atoms. The number of nitrogens with zero attached hydrogens (tertiary/aromatic N) is 3. The molecule has 0 fully saturated rings. The van der Waals surface area contributed by atoms with Crippen molar-refractivity contribution in [2.45, 2.75) is 23.9 Å². The van der Waals surface area contributed by atoms with Gasteiger partial charge in [-0.15, -0.1) is 0 Å². The molecule has 0 bridgehead atoms. The standard InChI is InChI=1S/C29H28N6O5S/c36-28(21-12-13-25-22(17-21)18-33-35(25)16-6-15-31-27-11-3-4-14-30-27)32-19-24(29(37)38)34-41(39,40)26-10-5-8-20-7-1-2-9-23(20)26/h1-5,7-14,17-18,24,34H,6,15-16,19H2,(H,30,31)(H,32,36)(H,37,38). The largest absolute Gasteiger partial charge is 0.480 e. The summed E-state index contributed by atoms with van der Waals surface area (Å²) in [6.45, 7) is 0.929. The van der Waals surface area contributed by atoms with Crippen molar-refractivity contribution >= 4 is 49.4 Å². The van der Waals surface area contributed by atoms with Gasteiger partial charge in [-0.25, -0.2) is 13.4 Å². The second-order valence-corrected chi connectivity index (χ2v) is 11.0. The van der Waals surface area contributed by atoms with Gasteiger partial charge in [0.2, 0.25) is 10.0 Å². The summed E-state index contributed by atoms with van der Waals surface area (Å²) in [5.74, 6) is -1.14. The van der Waals surface area contributed by atoms with E-state index in [-0.39, 0.29) is 4.90 Å². The lowest BCUT2D eigenvalue weighted by molar-refractivity contribution is -0.138. The zero-order chi connectivity index (χ0) is 28.8. The number of aromatic nitrogens is 3. The van der Waals surface area contributed by atoms with E-state index >= 15 is 0 Å². The van der Waals surface area contributed by atoms with Crippen LogP contribution in [0.3, 0.4) is 0 Å². The van der Waals surface area contributed by atoms with Crippen molar-refractivity contribution in [3.63, 3.8) is 0 Å². The number of nitrogens with one attached hydrogen (secondary N) is 3. The fraction of sp³-hybridized carbons (Fsp3) is 0.172. The van der Waals surface area contributed by atoms with Crippen LogP contribution < -0.4 is 15.4 Å². The summed E-state index contributed by atoms with van der Waals surface area (Å²) >= 11 is 0. The van der Waals surface area contributed by atoms with Crippen LogP contribution in [0.25, 0.3) is 21.7 Å². The molecule has 1 atom stereocenters. The third-order valence-electron chi connectivity index (χ3n) is 6.52. The molecule has 2 heterocycles. The van der Waals surface area contributed by atoms with Gasteiger partial charge in [-0.2, -0.15) is 9.82 Å². The molecule has 210 valence electrons. The highest BCUT2D eigenvalue weighted by Gasteiger charge is 2.27. The summed E-state index contributed by atoms with van der Waals surface area (Å²) in [4.78, 5) is 28.9.